The number of anilines is 1. The Morgan fingerprint density at radius 3 is 3.00 bits per heavy atom. The first-order valence-electron chi connectivity index (χ1n) is 6.31. The summed E-state index contributed by atoms with van der Waals surface area (Å²) in [6.07, 6.45) is 4.24. The molecule has 0 amide bonds. The van der Waals surface area contributed by atoms with Crippen molar-refractivity contribution in [1.29, 1.82) is 0 Å². The van der Waals surface area contributed by atoms with Gasteiger partial charge in [0, 0.05) is 11.7 Å². The van der Waals surface area contributed by atoms with E-state index in [9.17, 15) is 0 Å². The van der Waals surface area contributed by atoms with E-state index in [1.54, 1.807) is 7.11 Å². The van der Waals surface area contributed by atoms with Crippen LogP contribution in [0.3, 0.4) is 0 Å². The molecular formula is C14H18ClNO. The van der Waals surface area contributed by atoms with E-state index in [0.717, 1.165) is 29.5 Å². The van der Waals surface area contributed by atoms with Crippen molar-refractivity contribution in [1.82, 2.24) is 0 Å². The molecule has 17 heavy (non-hydrogen) atoms. The van der Waals surface area contributed by atoms with Crippen molar-refractivity contribution in [3.8, 4) is 5.75 Å². The van der Waals surface area contributed by atoms with Crippen LogP contribution in [0, 0.1) is 11.8 Å². The summed E-state index contributed by atoms with van der Waals surface area (Å²) in [4.78, 5) is 0. The maximum absolute atomic E-state index is 5.35. The van der Waals surface area contributed by atoms with Crippen LogP contribution >= 0.6 is 12.4 Å². The van der Waals surface area contributed by atoms with Gasteiger partial charge in [-0.2, -0.15) is 0 Å². The number of hydrogen-bond acceptors (Lipinski definition) is 2. The summed E-state index contributed by atoms with van der Waals surface area (Å²) in [5.74, 6) is 3.64. The number of methoxy groups -OCH3 is 1. The molecule has 4 rings (SSSR count). The van der Waals surface area contributed by atoms with Crippen LogP contribution in [0.5, 0.6) is 5.75 Å². The fourth-order valence-corrected chi connectivity index (χ4v) is 4.26. The Hall–Kier alpha value is -0.890. The maximum Gasteiger partial charge on any atom is 0.119 e. The largest absolute Gasteiger partial charge is 0.497 e. The highest BCUT2D eigenvalue weighted by molar-refractivity contribution is 5.85. The number of rotatable bonds is 1. The zero-order valence-electron chi connectivity index (χ0n) is 9.98. The smallest absolute Gasteiger partial charge is 0.119 e. The van der Waals surface area contributed by atoms with Crippen molar-refractivity contribution in [3.63, 3.8) is 0 Å². The van der Waals surface area contributed by atoms with Crippen molar-refractivity contribution < 1.29 is 4.74 Å². The second kappa shape index (κ2) is 3.81. The molecule has 1 heterocycles. The fraction of sp³-hybridized carbons (Fsp3) is 0.571. The van der Waals surface area contributed by atoms with E-state index in [-0.39, 0.29) is 12.4 Å². The Morgan fingerprint density at radius 1 is 1.29 bits per heavy atom. The summed E-state index contributed by atoms with van der Waals surface area (Å²) in [6, 6.07) is 7.26. The number of fused-ring (bicyclic) bond motifs is 1. The summed E-state index contributed by atoms with van der Waals surface area (Å²) < 4.78 is 5.35. The van der Waals surface area contributed by atoms with Crippen molar-refractivity contribution in [2.24, 2.45) is 11.8 Å². The highest BCUT2D eigenvalue weighted by atomic mass is 35.5. The number of nitrogens with one attached hydrogen (secondary N) is 1. The molecule has 2 saturated carbocycles. The van der Waals surface area contributed by atoms with Crippen molar-refractivity contribution in [2.75, 3.05) is 12.4 Å². The van der Waals surface area contributed by atoms with Gasteiger partial charge in [-0.1, -0.05) is 0 Å². The van der Waals surface area contributed by atoms with Crippen LogP contribution < -0.4 is 10.1 Å². The van der Waals surface area contributed by atoms with Crippen LogP contribution in [0.15, 0.2) is 18.2 Å². The SMILES string of the molecule is COc1ccc2c(c1)C1C3CCC1C(C3)N2.Cl. The van der Waals surface area contributed by atoms with Crippen molar-refractivity contribution >= 4 is 18.1 Å². The van der Waals surface area contributed by atoms with Crippen LogP contribution in [0.25, 0.3) is 0 Å². The standard InChI is InChI=1S/C14H17NO.ClH/c1-16-9-3-5-12-11(7-9)14-8-2-4-10(14)13(6-8)15-12;/h3,5,7-8,10,13-15H,2,4,6H2,1H3;1H. The second-order valence-corrected chi connectivity index (χ2v) is 5.47. The minimum Gasteiger partial charge on any atom is -0.497 e. The Bertz CT molecular complexity index is 448. The Kier molecular flexibility index (Phi) is 2.51. The van der Waals surface area contributed by atoms with Crippen LogP contribution in [-0.2, 0) is 0 Å². The molecule has 1 aliphatic heterocycles. The van der Waals surface area contributed by atoms with Gasteiger partial charge in [-0.25, -0.2) is 0 Å². The second-order valence-electron chi connectivity index (χ2n) is 5.47. The molecule has 2 fully saturated rings. The van der Waals surface area contributed by atoms with E-state index in [4.69, 9.17) is 4.74 Å². The summed E-state index contributed by atoms with van der Waals surface area (Å²) in [5, 5.41) is 3.72. The number of ether oxygens (including phenoxy) is 1. The minimum absolute atomic E-state index is 0. The number of halogens is 1. The normalized spacial score (nSPS) is 35.8. The van der Waals surface area contributed by atoms with Crippen LogP contribution in [-0.4, -0.2) is 13.2 Å². The van der Waals surface area contributed by atoms with E-state index in [1.807, 2.05) is 0 Å². The van der Waals surface area contributed by atoms with Gasteiger partial charge in [-0.3, -0.25) is 0 Å². The average Bonchev–Trinajstić information content (AvgIpc) is 2.84. The van der Waals surface area contributed by atoms with Gasteiger partial charge in [-0.05, 0) is 60.8 Å². The predicted octanol–water partition coefficient (Wildman–Crippen LogP) is 3.42. The van der Waals surface area contributed by atoms with Gasteiger partial charge in [-0.15, -0.1) is 12.4 Å². The fourth-order valence-electron chi connectivity index (χ4n) is 4.26. The highest BCUT2D eigenvalue weighted by Crippen LogP contribution is 2.59. The molecule has 4 atom stereocenters. The molecule has 2 aliphatic carbocycles. The summed E-state index contributed by atoms with van der Waals surface area (Å²) in [5.41, 5.74) is 2.87. The Balaban J connectivity index is 0.000000902. The Labute approximate surface area is 108 Å². The van der Waals surface area contributed by atoms with Gasteiger partial charge in [0.1, 0.15) is 5.75 Å². The molecule has 92 valence electrons. The van der Waals surface area contributed by atoms with Crippen molar-refractivity contribution in [3.05, 3.63) is 23.8 Å². The van der Waals surface area contributed by atoms with Gasteiger partial charge >= 0.3 is 0 Å². The third kappa shape index (κ3) is 1.40. The molecule has 0 saturated heterocycles. The molecule has 1 aromatic rings. The third-order valence-corrected chi connectivity index (χ3v) is 4.87. The number of hydrogen-bond donors (Lipinski definition) is 1. The molecular weight excluding hydrogens is 234 g/mol. The zero-order valence-corrected chi connectivity index (χ0v) is 10.8. The van der Waals surface area contributed by atoms with Gasteiger partial charge in [0.25, 0.3) is 0 Å². The predicted molar refractivity (Wildman–Crippen MR) is 71.2 cm³/mol. The van der Waals surface area contributed by atoms with E-state index < -0.39 is 0 Å². The number of benzene rings is 1. The van der Waals surface area contributed by atoms with Crippen LogP contribution in [0.1, 0.15) is 30.7 Å². The quantitative estimate of drug-likeness (QED) is 0.826. The van der Waals surface area contributed by atoms with E-state index >= 15 is 0 Å². The molecule has 2 nitrogen and oxygen atoms in total. The topological polar surface area (TPSA) is 21.3 Å². The van der Waals surface area contributed by atoms with E-state index in [0.29, 0.717) is 0 Å². The molecule has 4 bridgehead atoms. The van der Waals surface area contributed by atoms with E-state index in [1.165, 1.54) is 30.5 Å². The highest BCUT2D eigenvalue weighted by Gasteiger charge is 2.51. The molecule has 3 heteroatoms. The first-order valence-corrected chi connectivity index (χ1v) is 6.31. The lowest BCUT2D eigenvalue weighted by atomic mass is 9.84. The molecule has 0 spiro atoms. The van der Waals surface area contributed by atoms with Gasteiger partial charge in [0.2, 0.25) is 0 Å². The van der Waals surface area contributed by atoms with E-state index in [2.05, 4.69) is 23.5 Å². The van der Waals surface area contributed by atoms with Crippen LogP contribution in [0.4, 0.5) is 5.69 Å². The maximum atomic E-state index is 5.35. The van der Waals surface area contributed by atoms with Gasteiger partial charge in [0.05, 0.1) is 7.11 Å². The first-order chi connectivity index (χ1) is 7.86. The molecule has 0 radical (unpaired) electrons. The van der Waals surface area contributed by atoms with Gasteiger partial charge in [0.15, 0.2) is 0 Å². The molecule has 1 aromatic carbocycles. The summed E-state index contributed by atoms with van der Waals surface area (Å²) in [7, 11) is 1.75. The molecule has 1 N–H and O–H groups in total. The minimum atomic E-state index is 0. The summed E-state index contributed by atoms with van der Waals surface area (Å²) in [6.45, 7) is 0. The summed E-state index contributed by atoms with van der Waals surface area (Å²) >= 11 is 0. The Morgan fingerprint density at radius 2 is 2.18 bits per heavy atom. The van der Waals surface area contributed by atoms with Crippen LogP contribution in [0.2, 0.25) is 0 Å². The lowest BCUT2D eigenvalue weighted by Gasteiger charge is -2.31. The average molecular weight is 252 g/mol. The lowest BCUT2D eigenvalue weighted by Crippen LogP contribution is -2.30. The van der Waals surface area contributed by atoms with Gasteiger partial charge < -0.3 is 10.1 Å². The monoisotopic (exact) mass is 251 g/mol. The molecule has 0 aromatic heterocycles. The first kappa shape index (κ1) is 11.2. The molecule has 3 aliphatic rings. The third-order valence-electron chi connectivity index (χ3n) is 4.87. The zero-order chi connectivity index (χ0) is 10.7. The molecule has 4 unspecified atom stereocenters. The van der Waals surface area contributed by atoms with Crippen molar-refractivity contribution in [2.45, 2.75) is 31.2 Å². The lowest BCUT2D eigenvalue weighted by molar-refractivity contribution is 0.411.